The van der Waals surface area contributed by atoms with E-state index in [1.54, 1.807) is 0 Å². The smallest absolute Gasteiger partial charge is 0.334 e. The molecule has 0 radical (unpaired) electrons. The maximum absolute atomic E-state index is 12.2. The van der Waals surface area contributed by atoms with E-state index < -0.39 is 0 Å². The lowest BCUT2D eigenvalue weighted by atomic mass is 9.84. The molecule has 6 aliphatic rings. The number of nitrogens with zero attached hydrogens (tertiary/aromatic N) is 2. The van der Waals surface area contributed by atoms with Crippen molar-refractivity contribution in [1.82, 2.24) is 0 Å². The molecule has 43 heavy (non-hydrogen) atoms. The van der Waals surface area contributed by atoms with Gasteiger partial charge in [-0.15, -0.1) is 0 Å². The largest absolute Gasteiger partial charge is 0.455 e. The summed E-state index contributed by atoms with van der Waals surface area (Å²) < 4.78 is 23.3. The first-order valence-electron chi connectivity index (χ1n) is 16.2. The van der Waals surface area contributed by atoms with E-state index in [0.29, 0.717) is 11.1 Å². The number of hydrogen-bond donors (Lipinski definition) is 0. The summed E-state index contributed by atoms with van der Waals surface area (Å²) in [5.74, 6) is -0.515. The second kappa shape index (κ2) is 12.3. The number of aliphatic imine (C=N–C) groups is 2. The van der Waals surface area contributed by atoms with Crippen molar-refractivity contribution in [2.45, 2.75) is 120 Å². The lowest BCUT2D eigenvalue weighted by molar-refractivity contribution is -0.140. The van der Waals surface area contributed by atoms with Crippen LogP contribution in [0, 0.1) is 11.8 Å². The molecule has 232 valence electrons. The van der Waals surface area contributed by atoms with Gasteiger partial charge in [0.15, 0.2) is 0 Å². The number of rotatable bonds is 8. The Morgan fingerprint density at radius 1 is 0.767 bits per heavy atom. The number of allylic oxidation sites excluding steroid dienone is 4. The monoisotopic (exact) mass is 590 g/mol. The molecule has 0 aromatic heterocycles. The average molecular weight is 591 g/mol. The third-order valence-corrected chi connectivity index (χ3v) is 10.3. The third-order valence-electron chi connectivity index (χ3n) is 10.3. The molecular weight excluding hydrogens is 544 g/mol. The van der Waals surface area contributed by atoms with Gasteiger partial charge in [0, 0.05) is 48.5 Å². The number of ether oxygens (including phenoxy) is 4. The molecular formula is C35H46N2O6. The Morgan fingerprint density at radius 2 is 1.21 bits per heavy atom. The fourth-order valence-electron chi connectivity index (χ4n) is 7.35. The molecule has 0 saturated carbocycles. The molecule has 8 heteroatoms. The Labute approximate surface area is 255 Å². The lowest BCUT2D eigenvalue weighted by Gasteiger charge is -2.19. The first-order valence-corrected chi connectivity index (χ1v) is 16.2. The number of fused-ring (bicyclic) bond motifs is 6. The van der Waals surface area contributed by atoms with Crippen LogP contribution in [0.3, 0.4) is 0 Å². The van der Waals surface area contributed by atoms with Crippen molar-refractivity contribution in [1.29, 1.82) is 0 Å². The minimum absolute atomic E-state index is 0.0115. The highest BCUT2D eigenvalue weighted by molar-refractivity contribution is 5.91. The normalized spacial score (nSPS) is 41.7. The summed E-state index contributed by atoms with van der Waals surface area (Å²) in [6.07, 6.45) is 18.4. The average Bonchev–Trinajstić information content (AvgIpc) is 3.79. The van der Waals surface area contributed by atoms with Crippen LogP contribution in [0.4, 0.5) is 0 Å². The molecule has 4 heterocycles. The van der Waals surface area contributed by atoms with E-state index in [1.807, 2.05) is 12.4 Å². The van der Waals surface area contributed by atoms with E-state index in [4.69, 9.17) is 28.9 Å². The van der Waals surface area contributed by atoms with Gasteiger partial charge in [0.1, 0.15) is 24.4 Å². The van der Waals surface area contributed by atoms with Crippen LogP contribution in [0.25, 0.3) is 0 Å². The summed E-state index contributed by atoms with van der Waals surface area (Å²) >= 11 is 0. The first kappa shape index (κ1) is 30.2. The summed E-state index contributed by atoms with van der Waals surface area (Å²) in [6, 6.07) is 0. The Balaban J connectivity index is 0.924. The van der Waals surface area contributed by atoms with Crippen molar-refractivity contribution in [3.8, 4) is 0 Å². The van der Waals surface area contributed by atoms with Gasteiger partial charge in [0.25, 0.3) is 0 Å². The van der Waals surface area contributed by atoms with Gasteiger partial charge in [0.05, 0.1) is 11.2 Å². The molecule has 2 aliphatic carbocycles. The standard InChI is InChI=1S/C35H46N2O6/c1-22-26-14-12-24(10-8-16-34(3)30(42-34)28(26)40-32(22)38)20-36-18-6-5-7-19-37-21-25-11-9-17-35(4)31(43-35)29-27(15-13-25)23(2)33(39)41-29/h10-11,20-21,26-31H,1-2,5-9,12-19H2,3-4H3/b24-10+,25-11+,36-20?,37-21?/t26-,27-,28-,29-,30-,31-,34+,35+/m0/s1. The van der Waals surface area contributed by atoms with Gasteiger partial charge >= 0.3 is 11.9 Å². The van der Waals surface area contributed by atoms with Crippen LogP contribution in [-0.2, 0) is 28.5 Å². The zero-order valence-electron chi connectivity index (χ0n) is 25.7. The molecule has 4 aliphatic heterocycles. The molecule has 6 rings (SSSR count). The molecule has 0 aromatic carbocycles. The van der Waals surface area contributed by atoms with Crippen LogP contribution in [0.2, 0.25) is 0 Å². The second-order valence-corrected chi connectivity index (χ2v) is 13.5. The SMILES string of the molecule is C=C1C(=O)O[C@H]2[C@H]1CC/C(C=NCCCCCN=C/C1=C/CC[C@@]3(C)O[C@H]3[C@H]3OC(=O)C(=C)[C@@H]3CC1)=C\CC[C@@]1(C)O[C@@H]21. The quantitative estimate of drug-likeness (QED) is 0.116. The molecule has 8 atom stereocenters. The van der Waals surface area contributed by atoms with Gasteiger partial charge in [-0.25, -0.2) is 9.59 Å². The van der Waals surface area contributed by atoms with Gasteiger partial charge in [-0.05, 0) is 95.6 Å². The number of unbranched alkanes of at least 4 members (excludes halogenated alkanes) is 2. The molecule has 0 unspecified atom stereocenters. The summed E-state index contributed by atoms with van der Waals surface area (Å²) in [7, 11) is 0. The highest BCUT2D eigenvalue weighted by Crippen LogP contribution is 2.51. The summed E-state index contributed by atoms with van der Waals surface area (Å²) in [5, 5.41) is 0. The second-order valence-electron chi connectivity index (χ2n) is 13.5. The molecule has 4 saturated heterocycles. The molecule has 0 spiro atoms. The Kier molecular flexibility index (Phi) is 8.62. The maximum Gasteiger partial charge on any atom is 0.334 e. The highest BCUT2D eigenvalue weighted by Gasteiger charge is 2.62. The van der Waals surface area contributed by atoms with Crippen LogP contribution in [0.1, 0.15) is 84.5 Å². The van der Waals surface area contributed by atoms with E-state index in [0.717, 1.165) is 83.7 Å². The zero-order chi connectivity index (χ0) is 30.2. The molecule has 0 amide bonds. The lowest BCUT2D eigenvalue weighted by Crippen LogP contribution is -2.28. The predicted octanol–water partition coefficient (Wildman–Crippen LogP) is 5.81. The van der Waals surface area contributed by atoms with Crippen molar-refractivity contribution in [2.24, 2.45) is 21.8 Å². The van der Waals surface area contributed by atoms with Crippen molar-refractivity contribution >= 4 is 24.4 Å². The highest BCUT2D eigenvalue weighted by atomic mass is 16.7. The fraction of sp³-hybridized carbons (Fsp3) is 0.657. The number of epoxide rings is 2. The maximum atomic E-state index is 12.2. The number of hydrogen-bond acceptors (Lipinski definition) is 8. The van der Waals surface area contributed by atoms with E-state index in [1.165, 1.54) is 11.1 Å². The van der Waals surface area contributed by atoms with Gasteiger partial charge in [0.2, 0.25) is 0 Å². The Hall–Kier alpha value is -2.84. The molecule has 4 fully saturated rings. The van der Waals surface area contributed by atoms with Crippen molar-refractivity contribution in [2.75, 3.05) is 13.1 Å². The van der Waals surface area contributed by atoms with Gasteiger partial charge in [-0.3, -0.25) is 9.98 Å². The number of carbonyl (C=O) groups excluding carboxylic acids is 2. The Morgan fingerprint density at radius 3 is 1.65 bits per heavy atom. The van der Waals surface area contributed by atoms with Gasteiger partial charge in [-0.1, -0.05) is 25.3 Å². The minimum Gasteiger partial charge on any atom is -0.455 e. The first-order chi connectivity index (χ1) is 20.7. The summed E-state index contributed by atoms with van der Waals surface area (Å²) in [5.41, 5.74) is 3.18. The van der Waals surface area contributed by atoms with E-state index in [2.05, 4.69) is 39.2 Å². The van der Waals surface area contributed by atoms with Crippen LogP contribution < -0.4 is 0 Å². The Bertz CT molecular complexity index is 1180. The molecule has 0 bridgehead atoms. The molecule has 0 N–H and O–H groups in total. The van der Waals surface area contributed by atoms with Crippen LogP contribution in [0.15, 0.2) is 57.6 Å². The topological polar surface area (TPSA) is 102 Å². The fourth-order valence-corrected chi connectivity index (χ4v) is 7.35. The summed E-state index contributed by atoms with van der Waals surface area (Å²) in [4.78, 5) is 33.8. The zero-order valence-corrected chi connectivity index (χ0v) is 25.7. The van der Waals surface area contributed by atoms with Crippen LogP contribution >= 0.6 is 0 Å². The van der Waals surface area contributed by atoms with E-state index in [-0.39, 0.29) is 59.4 Å². The van der Waals surface area contributed by atoms with E-state index in [9.17, 15) is 9.59 Å². The number of carbonyl (C=O) groups is 2. The predicted molar refractivity (Wildman–Crippen MR) is 165 cm³/mol. The molecule has 0 aromatic rings. The number of esters is 2. The summed E-state index contributed by atoms with van der Waals surface area (Å²) in [6.45, 7) is 13.8. The van der Waals surface area contributed by atoms with Gasteiger partial charge < -0.3 is 18.9 Å². The molecule has 8 nitrogen and oxygen atoms in total. The third kappa shape index (κ3) is 6.51. The van der Waals surface area contributed by atoms with Crippen molar-refractivity contribution in [3.05, 3.63) is 47.6 Å². The van der Waals surface area contributed by atoms with Crippen molar-refractivity contribution < 1.29 is 28.5 Å². The van der Waals surface area contributed by atoms with Crippen LogP contribution in [0.5, 0.6) is 0 Å². The van der Waals surface area contributed by atoms with Gasteiger partial charge in [-0.2, -0.15) is 0 Å². The van der Waals surface area contributed by atoms with E-state index >= 15 is 0 Å². The van der Waals surface area contributed by atoms with Crippen molar-refractivity contribution in [3.63, 3.8) is 0 Å². The van der Waals surface area contributed by atoms with Crippen LogP contribution in [-0.4, -0.2) is 73.1 Å². The minimum atomic E-state index is -0.273.